The van der Waals surface area contributed by atoms with E-state index in [9.17, 15) is 8.42 Å². The van der Waals surface area contributed by atoms with Crippen LogP contribution in [0, 0.1) is 6.92 Å². The molecule has 1 atom stereocenters. The normalized spacial score (nSPS) is 17.8. The fourth-order valence-electron chi connectivity index (χ4n) is 1.36. The van der Waals surface area contributed by atoms with Crippen molar-refractivity contribution in [2.45, 2.75) is 37.7 Å². The zero-order valence-electron chi connectivity index (χ0n) is 11.0. The molecule has 2 rings (SSSR count). The van der Waals surface area contributed by atoms with Crippen molar-refractivity contribution in [2.75, 3.05) is 13.7 Å². The highest BCUT2D eigenvalue weighted by molar-refractivity contribution is 7.86. The predicted octanol–water partition coefficient (Wildman–Crippen LogP) is 2.52. The van der Waals surface area contributed by atoms with E-state index in [2.05, 4.69) is 11.1 Å². The third-order valence-corrected chi connectivity index (χ3v) is 3.83. The molecule has 0 spiro atoms. The first-order chi connectivity index (χ1) is 8.49. The minimum Gasteiger partial charge on any atom is -0.373 e. The van der Waals surface area contributed by atoms with Gasteiger partial charge in [-0.15, -0.1) is 0 Å². The van der Waals surface area contributed by atoms with E-state index in [-0.39, 0.29) is 4.90 Å². The van der Waals surface area contributed by atoms with Crippen LogP contribution in [0.2, 0.25) is 0 Å². The Hall–Kier alpha value is -0.910. The molecule has 18 heavy (non-hydrogen) atoms. The van der Waals surface area contributed by atoms with Gasteiger partial charge < -0.3 is 4.74 Å². The van der Waals surface area contributed by atoms with Crippen LogP contribution in [0.25, 0.3) is 0 Å². The van der Waals surface area contributed by atoms with Gasteiger partial charge >= 0.3 is 0 Å². The van der Waals surface area contributed by atoms with E-state index in [1.165, 1.54) is 25.0 Å². The van der Waals surface area contributed by atoms with E-state index in [1.54, 1.807) is 12.1 Å². The Kier molecular flexibility index (Phi) is 5.78. The maximum absolute atomic E-state index is 11.1. The highest BCUT2D eigenvalue weighted by Gasteiger charge is 2.19. The molecular formula is C13H20O4S. The number of benzene rings is 1. The maximum Gasteiger partial charge on any atom is 0.296 e. The van der Waals surface area contributed by atoms with Crippen molar-refractivity contribution >= 4 is 10.1 Å². The fraction of sp³-hybridized carbons (Fsp3) is 0.538. The van der Waals surface area contributed by atoms with Crippen LogP contribution in [0.15, 0.2) is 29.2 Å². The molecule has 5 heteroatoms. The Labute approximate surface area is 109 Å². The van der Waals surface area contributed by atoms with Gasteiger partial charge in [0.15, 0.2) is 0 Å². The van der Waals surface area contributed by atoms with E-state index in [0.29, 0.717) is 6.10 Å². The third-order valence-electron chi connectivity index (χ3n) is 2.54. The van der Waals surface area contributed by atoms with Gasteiger partial charge in [-0.1, -0.05) is 31.0 Å². The van der Waals surface area contributed by atoms with Crippen molar-refractivity contribution in [2.24, 2.45) is 0 Å². The number of aryl methyl sites for hydroxylation is 1. The van der Waals surface area contributed by atoms with Crippen molar-refractivity contribution in [1.82, 2.24) is 0 Å². The van der Waals surface area contributed by atoms with E-state index in [0.717, 1.165) is 19.3 Å². The smallest absolute Gasteiger partial charge is 0.296 e. The lowest BCUT2D eigenvalue weighted by Crippen LogP contribution is -2.02. The first kappa shape index (κ1) is 15.1. The summed E-state index contributed by atoms with van der Waals surface area (Å²) in [6, 6.07) is 6.50. The zero-order valence-corrected chi connectivity index (χ0v) is 11.9. The van der Waals surface area contributed by atoms with Crippen LogP contribution in [-0.2, 0) is 19.0 Å². The number of epoxide rings is 1. The topological polar surface area (TPSA) is 55.9 Å². The minimum atomic E-state index is -3.51. The molecule has 4 nitrogen and oxygen atoms in total. The molecule has 102 valence electrons. The largest absolute Gasteiger partial charge is 0.373 e. The number of ether oxygens (including phenoxy) is 1. The summed E-state index contributed by atoms with van der Waals surface area (Å²) in [6.07, 6.45) is 3.18. The second-order valence-electron chi connectivity index (χ2n) is 4.18. The molecule has 0 aliphatic carbocycles. The van der Waals surface area contributed by atoms with Gasteiger partial charge in [-0.3, -0.25) is 4.18 Å². The van der Waals surface area contributed by atoms with Crippen LogP contribution in [0.4, 0.5) is 0 Å². The van der Waals surface area contributed by atoms with Crippen molar-refractivity contribution in [3.63, 3.8) is 0 Å². The van der Waals surface area contributed by atoms with Crippen LogP contribution >= 0.6 is 0 Å². The van der Waals surface area contributed by atoms with Crippen LogP contribution in [0.5, 0.6) is 0 Å². The summed E-state index contributed by atoms with van der Waals surface area (Å²) in [6.45, 7) is 5.10. The second-order valence-corrected chi connectivity index (χ2v) is 5.89. The molecule has 0 N–H and O–H groups in total. The van der Waals surface area contributed by atoms with Crippen molar-refractivity contribution < 1.29 is 17.3 Å². The van der Waals surface area contributed by atoms with Gasteiger partial charge in [-0.2, -0.15) is 8.42 Å². The summed E-state index contributed by atoms with van der Waals surface area (Å²) in [5, 5.41) is 0. The molecule has 0 unspecified atom stereocenters. The van der Waals surface area contributed by atoms with E-state index in [1.807, 2.05) is 6.92 Å². The van der Waals surface area contributed by atoms with E-state index < -0.39 is 10.1 Å². The van der Waals surface area contributed by atoms with Gasteiger partial charge in [-0.05, 0) is 25.5 Å². The van der Waals surface area contributed by atoms with Crippen LogP contribution in [-0.4, -0.2) is 28.2 Å². The molecule has 0 saturated carbocycles. The Balaban J connectivity index is 0.000000225. The summed E-state index contributed by atoms with van der Waals surface area (Å²) < 4.78 is 31.5. The Morgan fingerprint density at radius 1 is 1.33 bits per heavy atom. The van der Waals surface area contributed by atoms with Gasteiger partial charge in [0.05, 0.1) is 24.7 Å². The minimum absolute atomic E-state index is 0.190. The monoisotopic (exact) mass is 272 g/mol. The van der Waals surface area contributed by atoms with Gasteiger partial charge in [0.2, 0.25) is 0 Å². The maximum atomic E-state index is 11.1. The average molecular weight is 272 g/mol. The van der Waals surface area contributed by atoms with Crippen LogP contribution in [0.3, 0.4) is 0 Å². The zero-order chi connectivity index (χ0) is 13.6. The van der Waals surface area contributed by atoms with Crippen LogP contribution in [0.1, 0.15) is 25.3 Å². The lowest BCUT2D eigenvalue weighted by atomic mass is 10.2. The molecular weight excluding hydrogens is 252 g/mol. The first-order valence-electron chi connectivity index (χ1n) is 5.98. The SMILES string of the molecule is CCC[C@@H]1CO1.COS(=O)(=O)c1ccc(C)cc1. The molecule has 0 amide bonds. The number of hydrogen-bond donors (Lipinski definition) is 0. The average Bonchev–Trinajstić information content (AvgIpc) is 3.15. The van der Waals surface area contributed by atoms with Crippen LogP contribution < -0.4 is 0 Å². The third kappa shape index (κ3) is 5.16. The molecule has 1 aliphatic rings. The molecule has 1 fully saturated rings. The Bertz CT molecular complexity index is 446. The van der Waals surface area contributed by atoms with Gasteiger partial charge in [0, 0.05) is 0 Å². The molecule has 1 heterocycles. The predicted molar refractivity (Wildman–Crippen MR) is 70.0 cm³/mol. The summed E-state index contributed by atoms with van der Waals surface area (Å²) in [4.78, 5) is 0.190. The van der Waals surface area contributed by atoms with Crippen molar-refractivity contribution in [3.05, 3.63) is 29.8 Å². The number of rotatable bonds is 4. The second kappa shape index (κ2) is 6.87. The van der Waals surface area contributed by atoms with Gasteiger partial charge in [-0.25, -0.2) is 0 Å². The summed E-state index contributed by atoms with van der Waals surface area (Å²) in [7, 11) is -2.37. The molecule has 1 saturated heterocycles. The lowest BCUT2D eigenvalue weighted by molar-refractivity contribution is 0.395. The first-order valence-corrected chi connectivity index (χ1v) is 7.39. The summed E-state index contributed by atoms with van der Waals surface area (Å²) in [5.41, 5.74) is 1.02. The van der Waals surface area contributed by atoms with Crippen molar-refractivity contribution in [3.8, 4) is 0 Å². The molecule has 1 aliphatic heterocycles. The standard InChI is InChI=1S/C8H10O3S.C5H10O/c1-7-3-5-8(6-4-7)12(9,10)11-2;1-2-3-5-4-6-5/h3-6H,1-2H3;5H,2-4H2,1H3/t;5-/m.1/s1. The van der Waals surface area contributed by atoms with Crippen molar-refractivity contribution in [1.29, 1.82) is 0 Å². The highest BCUT2D eigenvalue weighted by atomic mass is 32.2. The molecule has 0 bridgehead atoms. The van der Waals surface area contributed by atoms with E-state index >= 15 is 0 Å². The lowest BCUT2D eigenvalue weighted by Gasteiger charge is -2.00. The highest BCUT2D eigenvalue weighted by Crippen LogP contribution is 2.14. The number of hydrogen-bond acceptors (Lipinski definition) is 4. The summed E-state index contributed by atoms with van der Waals surface area (Å²) >= 11 is 0. The Morgan fingerprint density at radius 2 is 1.89 bits per heavy atom. The van der Waals surface area contributed by atoms with Gasteiger partial charge in [0.25, 0.3) is 10.1 Å². The molecule has 0 radical (unpaired) electrons. The quantitative estimate of drug-likeness (QED) is 0.624. The molecule has 1 aromatic carbocycles. The van der Waals surface area contributed by atoms with Gasteiger partial charge in [0.1, 0.15) is 0 Å². The molecule has 0 aromatic heterocycles. The molecule has 1 aromatic rings. The summed E-state index contributed by atoms with van der Waals surface area (Å²) in [5.74, 6) is 0. The van der Waals surface area contributed by atoms with E-state index in [4.69, 9.17) is 4.74 Å². The fourth-order valence-corrected chi connectivity index (χ4v) is 2.02. The Morgan fingerprint density at radius 3 is 2.22 bits per heavy atom.